The predicted octanol–water partition coefficient (Wildman–Crippen LogP) is 7.22. The van der Waals surface area contributed by atoms with Gasteiger partial charge >= 0.3 is 0 Å². The molecule has 0 amide bonds. The average Bonchev–Trinajstić information content (AvgIpc) is 3.15. The van der Waals surface area contributed by atoms with E-state index in [2.05, 4.69) is 55.4 Å². The first-order chi connectivity index (χ1) is 15.0. The minimum atomic E-state index is 0.605. The van der Waals surface area contributed by atoms with Gasteiger partial charge in [-0.15, -0.1) is 0 Å². The van der Waals surface area contributed by atoms with Gasteiger partial charge in [0.1, 0.15) is 18.2 Å². The molecule has 3 nitrogen and oxygen atoms in total. The summed E-state index contributed by atoms with van der Waals surface area (Å²) in [6, 6.07) is 22.6. The van der Waals surface area contributed by atoms with Crippen molar-refractivity contribution < 1.29 is 8.98 Å². The van der Waals surface area contributed by atoms with Gasteiger partial charge in [-0.1, -0.05) is 48.5 Å². The summed E-state index contributed by atoms with van der Waals surface area (Å²) in [4.78, 5) is 3.79. The van der Waals surface area contributed by atoms with Crippen molar-refractivity contribution in [2.24, 2.45) is 7.05 Å². The van der Waals surface area contributed by atoms with Gasteiger partial charge in [0.25, 0.3) is 0 Å². The van der Waals surface area contributed by atoms with Crippen molar-refractivity contribution in [2.45, 2.75) is 20.8 Å². The Labute approximate surface area is 182 Å². The quantitative estimate of drug-likeness (QED) is 0.225. The third-order valence-electron chi connectivity index (χ3n) is 6.12. The lowest BCUT2D eigenvalue weighted by Crippen LogP contribution is -2.35. The van der Waals surface area contributed by atoms with E-state index in [4.69, 9.17) is 11.0 Å². The average molecular weight is 404 g/mol. The highest BCUT2D eigenvalue weighted by molar-refractivity contribution is 6.17. The molecule has 0 aliphatic carbocycles. The maximum Gasteiger partial charge on any atom is 0.213 e. The van der Waals surface area contributed by atoms with E-state index in [-0.39, 0.29) is 0 Å². The number of hydrogen-bond donors (Lipinski definition) is 0. The third kappa shape index (κ3) is 2.92. The van der Waals surface area contributed by atoms with Crippen LogP contribution in [0.5, 0.6) is 0 Å². The van der Waals surface area contributed by atoms with Crippen molar-refractivity contribution in [3.63, 3.8) is 0 Å². The Bertz CT molecular complexity index is 1520. The van der Waals surface area contributed by atoms with Crippen molar-refractivity contribution in [2.75, 3.05) is 0 Å². The maximum atomic E-state index is 7.71. The van der Waals surface area contributed by atoms with E-state index in [0.717, 1.165) is 33.1 Å². The van der Waals surface area contributed by atoms with E-state index in [9.17, 15) is 0 Å². The highest BCUT2D eigenvalue weighted by atomic mass is 16.3. The first-order valence-electron chi connectivity index (χ1n) is 10.4. The molecule has 0 unspecified atom stereocenters. The Morgan fingerprint density at radius 1 is 0.871 bits per heavy atom. The number of aromatic nitrogens is 1. The van der Waals surface area contributed by atoms with Gasteiger partial charge in [-0.3, -0.25) is 0 Å². The summed E-state index contributed by atoms with van der Waals surface area (Å²) in [5, 5.41) is 2.14. The van der Waals surface area contributed by atoms with Gasteiger partial charge in [0.15, 0.2) is 11.4 Å². The molecule has 2 heterocycles. The molecule has 0 radical (unpaired) electrons. The Balaban J connectivity index is 1.95. The molecule has 0 bridgehead atoms. The van der Waals surface area contributed by atoms with Crippen molar-refractivity contribution in [3.8, 4) is 22.4 Å². The zero-order valence-corrected chi connectivity index (χ0v) is 18.2. The molecular formula is C28H23N2O+. The largest absolute Gasteiger partial charge is 0.457 e. The summed E-state index contributed by atoms with van der Waals surface area (Å²) in [5.74, 6) is 0. The third-order valence-corrected chi connectivity index (χ3v) is 6.12. The molecule has 0 atom stereocenters. The van der Waals surface area contributed by atoms with E-state index >= 15 is 0 Å². The van der Waals surface area contributed by atoms with Gasteiger partial charge in [-0.25, -0.2) is 4.85 Å². The van der Waals surface area contributed by atoms with Crippen molar-refractivity contribution >= 4 is 27.6 Å². The van der Waals surface area contributed by atoms with Crippen LogP contribution in [0.3, 0.4) is 0 Å². The molecule has 0 aliphatic heterocycles. The fourth-order valence-corrected chi connectivity index (χ4v) is 4.54. The summed E-state index contributed by atoms with van der Waals surface area (Å²) in [7, 11) is 2.11. The van der Waals surface area contributed by atoms with Crippen LogP contribution in [-0.2, 0) is 7.05 Å². The van der Waals surface area contributed by atoms with E-state index in [1.807, 2.05) is 48.5 Å². The second-order valence-corrected chi connectivity index (χ2v) is 8.17. The summed E-state index contributed by atoms with van der Waals surface area (Å²) < 4.78 is 8.68. The summed E-state index contributed by atoms with van der Waals surface area (Å²) in [6.45, 7) is 14.1. The highest BCUT2D eigenvalue weighted by Gasteiger charge is 2.24. The Morgan fingerprint density at radius 3 is 2.39 bits per heavy atom. The van der Waals surface area contributed by atoms with Crippen LogP contribution in [0.25, 0.3) is 49.2 Å². The van der Waals surface area contributed by atoms with Crippen LogP contribution >= 0.6 is 0 Å². The number of hydrogen-bond acceptors (Lipinski definition) is 1. The van der Waals surface area contributed by atoms with E-state index < -0.39 is 0 Å². The smallest absolute Gasteiger partial charge is 0.213 e. The van der Waals surface area contributed by atoms with Crippen LogP contribution in [0, 0.1) is 27.3 Å². The van der Waals surface area contributed by atoms with Crippen molar-refractivity contribution in [3.05, 3.63) is 95.0 Å². The molecule has 0 N–H and O–H groups in total. The summed E-state index contributed by atoms with van der Waals surface area (Å²) in [5.41, 5.74) is 10.1. The van der Waals surface area contributed by atoms with E-state index in [1.165, 1.54) is 28.1 Å². The first kappa shape index (κ1) is 19.1. The monoisotopic (exact) mass is 403 g/mol. The van der Waals surface area contributed by atoms with Crippen molar-refractivity contribution in [1.29, 1.82) is 0 Å². The molecule has 0 aliphatic rings. The van der Waals surface area contributed by atoms with Crippen LogP contribution in [0.15, 0.2) is 71.1 Å². The number of furan rings is 1. The SMILES string of the molecule is [C-]#[N+]c1ccc2c(oc3ccc(C)c(-c4cc(C)cc(C)[n+]4C)c32)c1-c1ccccc1. The number of nitrogens with zero attached hydrogens (tertiary/aromatic N) is 2. The van der Waals surface area contributed by atoms with Gasteiger partial charge in [0.05, 0.1) is 12.1 Å². The van der Waals surface area contributed by atoms with Gasteiger partial charge in [-0.05, 0) is 36.6 Å². The maximum absolute atomic E-state index is 7.71. The second kappa shape index (κ2) is 7.11. The van der Waals surface area contributed by atoms with E-state index in [1.54, 1.807) is 0 Å². The zero-order chi connectivity index (χ0) is 21.7. The normalized spacial score (nSPS) is 11.2. The minimum Gasteiger partial charge on any atom is -0.457 e. The van der Waals surface area contributed by atoms with E-state index in [0.29, 0.717) is 5.69 Å². The Morgan fingerprint density at radius 2 is 1.65 bits per heavy atom. The predicted molar refractivity (Wildman–Crippen MR) is 126 cm³/mol. The molecule has 0 spiro atoms. The molecule has 0 saturated heterocycles. The lowest BCUT2D eigenvalue weighted by atomic mass is 9.95. The topological polar surface area (TPSA) is 21.4 Å². The second-order valence-electron chi connectivity index (χ2n) is 8.17. The number of pyridine rings is 1. The van der Waals surface area contributed by atoms with Gasteiger partial charge in [0, 0.05) is 35.4 Å². The van der Waals surface area contributed by atoms with Gasteiger partial charge < -0.3 is 4.42 Å². The fraction of sp³-hybridized carbons (Fsp3) is 0.143. The number of aryl methyl sites for hydroxylation is 3. The highest BCUT2D eigenvalue weighted by Crippen LogP contribution is 2.44. The van der Waals surface area contributed by atoms with Crippen molar-refractivity contribution in [1.82, 2.24) is 0 Å². The molecule has 150 valence electrons. The van der Waals surface area contributed by atoms with Gasteiger partial charge in [0.2, 0.25) is 5.69 Å². The molecule has 3 aromatic carbocycles. The first-order valence-corrected chi connectivity index (χ1v) is 10.4. The van der Waals surface area contributed by atoms with Crippen LogP contribution in [0.1, 0.15) is 16.8 Å². The summed E-state index contributed by atoms with van der Waals surface area (Å²) in [6.07, 6.45) is 0. The molecular weight excluding hydrogens is 380 g/mol. The van der Waals surface area contributed by atoms with Crippen LogP contribution in [0.4, 0.5) is 5.69 Å². The number of rotatable bonds is 2. The Kier molecular flexibility index (Phi) is 4.38. The van der Waals surface area contributed by atoms with Crippen LogP contribution in [-0.4, -0.2) is 0 Å². The molecule has 31 heavy (non-hydrogen) atoms. The molecule has 3 heteroatoms. The number of benzene rings is 3. The van der Waals surface area contributed by atoms with Crippen LogP contribution < -0.4 is 4.57 Å². The lowest BCUT2D eigenvalue weighted by Gasteiger charge is -2.09. The molecule has 5 rings (SSSR count). The standard InChI is InChI=1S/C28H23N2O/c1-17-15-19(3)30(5)23(16-17)25-18(2)11-14-24-27(25)21-12-13-22(29-4)26(28(21)31-24)20-9-7-6-8-10-20/h6-16H,1-3,5H3/q+1. The lowest BCUT2D eigenvalue weighted by molar-refractivity contribution is -0.666. The molecule has 0 fully saturated rings. The fourth-order valence-electron chi connectivity index (χ4n) is 4.54. The Hall–Kier alpha value is -3.90. The molecule has 2 aromatic heterocycles. The summed E-state index contributed by atoms with van der Waals surface area (Å²) >= 11 is 0. The molecule has 5 aromatic rings. The molecule has 0 saturated carbocycles. The van der Waals surface area contributed by atoms with Gasteiger partial charge in [-0.2, -0.15) is 4.57 Å². The zero-order valence-electron chi connectivity index (χ0n) is 18.2. The number of fused-ring (bicyclic) bond motifs is 3. The van der Waals surface area contributed by atoms with Crippen LogP contribution in [0.2, 0.25) is 0 Å². The minimum absolute atomic E-state index is 0.605.